The first kappa shape index (κ1) is 20.4. The van der Waals surface area contributed by atoms with Crippen LogP contribution in [0.15, 0.2) is 60.8 Å². The molecule has 156 valence electrons. The number of aromatic nitrogens is 2. The summed E-state index contributed by atoms with van der Waals surface area (Å²) in [6, 6.07) is 18.7. The maximum Gasteiger partial charge on any atom is 0.241 e. The molecule has 1 amide bonds. The monoisotopic (exact) mass is 402 g/mol. The second kappa shape index (κ2) is 8.07. The van der Waals surface area contributed by atoms with Gasteiger partial charge in [0.05, 0.1) is 11.7 Å². The van der Waals surface area contributed by atoms with E-state index in [1.54, 1.807) is 4.68 Å². The van der Waals surface area contributed by atoms with Crippen molar-refractivity contribution in [2.45, 2.75) is 44.8 Å². The van der Waals surface area contributed by atoms with Crippen LogP contribution in [0.1, 0.15) is 40.9 Å². The van der Waals surface area contributed by atoms with Gasteiger partial charge in [0.15, 0.2) is 0 Å². The number of hydrogen-bond donors (Lipinski definition) is 1. The van der Waals surface area contributed by atoms with Crippen LogP contribution in [0, 0.1) is 6.92 Å². The number of rotatable bonds is 6. The average Bonchev–Trinajstić information content (AvgIpc) is 3.29. The van der Waals surface area contributed by atoms with E-state index in [-0.39, 0.29) is 11.9 Å². The van der Waals surface area contributed by atoms with Crippen LogP contribution in [0.3, 0.4) is 0 Å². The first-order chi connectivity index (χ1) is 14.4. The number of carbonyl (C=O) groups is 1. The fourth-order valence-electron chi connectivity index (χ4n) is 4.66. The largest absolute Gasteiger partial charge is 0.348 e. The zero-order chi connectivity index (χ0) is 21.3. The van der Waals surface area contributed by atoms with E-state index in [9.17, 15) is 4.79 Å². The Balaban J connectivity index is 1.62. The maximum absolute atomic E-state index is 13.8. The van der Waals surface area contributed by atoms with Crippen molar-refractivity contribution in [1.29, 1.82) is 0 Å². The van der Waals surface area contributed by atoms with Crippen molar-refractivity contribution >= 4 is 5.91 Å². The van der Waals surface area contributed by atoms with E-state index in [0.717, 1.165) is 30.6 Å². The van der Waals surface area contributed by atoms with E-state index in [2.05, 4.69) is 58.8 Å². The van der Waals surface area contributed by atoms with E-state index in [0.29, 0.717) is 0 Å². The minimum atomic E-state index is -0.607. The van der Waals surface area contributed by atoms with Crippen molar-refractivity contribution in [1.82, 2.24) is 20.0 Å². The standard InChI is InChI=1S/C25H30N4O/c1-18(23-17-29(4)27-19(23)2)26-24(30)25(14-21-12-8-9-13-22(21)15-25)28(3)16-20-10-6-5-7-11-20/h5-13,17-18H,14-16H2,1-4H3,(H,26,30)/t18-/m1/s1. The highest BCUT2D eigenvalue weighted by molar-refractivity contribution is 5.88. The SMILES string of the molecule is Cc1nn(C)cc1[C@@H](C)NC(=O)C1(N(C)Cc2ccccc2)Cc2ccccc2C1. The molecule has 0 saturated carbocycles. The Hall–Kier alpha value is -2.92. The quantitative estimate of drug-likeness (QED) is 0.686. The lowest BCUT2D eigenvalue weighted by atomic mass is 9.91. The molecule has 3 aromatic rings. The third kappa shape index (κ3) is 3.77. The minimum Gasteiger partial charge on any atom is -0.348 e. The molecule has 0 bridgehead atoms. The number of likely N-dealkylation sites (N-methyl/N-ethyl adjacent to an activating group) is 1. The number of fused-ring (bicyclic) bond motifs is 1. The third-order valence-corrected chi connectivity index (χ3v) is 6.37. The predicted octanol–water partition coefficient (Wildman–Crippen LogP) is 3.58. The van der Waals surface area contributed by atoms with Gasteiger partial charge in [0.25, 0.3) is 0 Å². The number of carbonyl (C=O) groups excluding carboxylic acids is 1. The van der Waals surface area contributed by atoms with Crippen LogP contribution in [0.25, 0.3) is 0 Å². The molecule has 0 unspecified atom stereocenters. The van der Waals surface area contributed by atoms with Crippen LogP contribution in [-0.2, 0) is 31.2 Å². The molecule has 0 fully saturated rings. The van der Waals surface area contributed by atoms with E-state index in [4.69, 9.17) is 0 Å². The van der Waals surface area contributed by atoms with Crippen LogP contribution >= 0.6 is 0 Å². The normalized spacial score (nSPS) is 15.8. The highest BCUT2D eigenvalue weighted by Crippen LogP contribution is 2.36. The molecule has 1 aliphatic rings. The van der Waals surface area contributed by atoms with Crippen molar-refractivity contribution in [3.8, 4) is 0 Å². The van der Waals surface area contributed by atoms with Crippen molar-refractivity contribution in [2.24, 2.45) is 7.05 Å². The van der Waals surface area contributed by atoms with Crippen molar-refractivity contribution in [2.75, 3.05) is 7.05 Å². The van der Waals surface area contributed by atoms with Gasteiger partial charge in [0, 0.05) is 38.2 Å². The fraction of sp³-hybridized carbons (Fsp3) is 0.360. The first-order valence-electron chi connectivity index (χ1n) is 10.5. The van der Waals surface area contributed by atoms with Gasteiger partial charge in [0.2, 0.25) is 5.91 Å². The van der Waals surface area contributed by atoms with Gasteiger partial charge in [-0.05, 0) is 37.6 Å². The molecule has 1 N–H and O–H groups in total. The smallest absolute Gasteiger partial charge is 0.241 e. The lowest BCUT2D eigenvalue weighted by molar-refractivity contribution is -0.133. The van der Waals surface area contributed by atoms with Crippen LogP contribution in [-0.4, -0.2) is 33.2 Å². The Morgan fingerprint density at radius 2 is 1.73 bits per heavy atom. The zero-order valence-electron chi connectivity index (χ0n) is 18.2. The highest BCUT2D eigenvalue weighted by atomic mass is 16.2. The van der Waals surface area contributed by atoms with Gasteiger partial charge < -0.3 is 5.32 Å². The van der Waals surface area contributed by atoms with E-state index >= 15 is 0 Å². The second-order valence-corrected chi connectivity index (χ2v) is 8.53. The Kier molecular flexibility index (Phi) is 5.48. The molecule has 1 aliphatic carbocycles. The summed E-state index contributed by atoms with van der Waals surface area (Å²) in [5, 5.41) is 7.73. The van der Waals surface area contributed by atoms with Gasteiger partial charge in [-0.25, -0.2) is 0 Å². The highest BCUT2D eigenvalue weighted by Gasteiger charge is 2.47. The van der Waals surface area contributed by atoms with E-state index in [1.807, 2.05) is 45.3 Å². The van der Waals surface area contributed by atoms with Crippen LogP contribution in [0.2, 0.25) is 0 Å². The second-order valence-electron chi connectivity index (χ2n) is 8.53. The lowest BCUT2D eigenvalue weighted by Crippen LogP contribution is -2.58. The number of benzene rings is 2. The predicted molar refractivity (Wildman–Crippen MR) is 119 cm³/mol. The molecule has 5 heteroatoms. The summed E-state index contributed by atoms with van der Waals surface area (Å²) in [5.74, 6) is 0.0767. The van der Waals surface area contributed by atoms with Gasteiger partial charge in [-0.15, -0.1) is 0 Å². The van der Waals surface area contributed by atoms with Crippen molar-refractivity contribution in [3.05, 3.63) is 88.7 Å². The Bertz CT molecular complexity index is 1020. The summed E-state index contributed by atoms with van der Waals surface area (Å²) in [5.41, 5.74) is 5.13. The topological polar surface area (TPSA) is 50.2 Å². The maximum atomic E-state index is 13.8. The molecular weight excluding hydrogens is 372 g/mol. The summed E-state index contributed by atoms with van der Waals surface area (Å²) in [6.07, 6.45) is 3.43. The molecule has 1 heterocycles. The summed E-state index contributed by atoms with van der Waals surface area (Å²) in [7, 11) is 3.98. The van der Waals surface area contributed by atoms with Gasteiger partial charge >= 0.3 is 0 Å². The Morgan fingerprint density at radius 3 is 2.30 bits per heavy atom. The van der Waals surface area contributed by atoms with Gasteiger partial charge in [-0.2, -0.15) is 5.10 Å². The molecule has 1 aromatic heterocycles. The first-order valence-corrected chi connectivity index (χ1v) is 10.5. The Morgan fingerprint density at radius 1 is 1.13 bits per heavy atom. The summed E-state index contributed by atoms with van der Waals surface area (Å²) < 4.78 is 1.80. The van der Waals surface area contributed by atoms with Crippen LogP contribution < -0.4 is 5.32 Å². The molecule has 30 heavy (non-hydrogen) atoms. The summed E-state index contributed by atoms with van der Waals surface area (Å²) >= 11 is 0. The molecule has 1 atom stereocenters. The number of nitrogens with zero attached hydrogens (tertiary/aromatic N) is 3. The molecular formula is C25H30N4O. The minimum absolute atomic E-state index is 0.0767. The third-order valence-electron chi connectivity index (χ3n) is 6.37. The van der Waals surface area contributed by atoms with Gasteiger partial charge in [-0.3, -0.25) is 14.4 Å². The fourth-order valence-corrected chi connectivity index (χ4v) is 4.66. The summed E-state index contributed by atoms with van der Waals surface area (Å²) in [6.45, 7) is 4.75. The zero-order valence-corrected chi connectivity index (χ0v) is 18.2. The average molecular weight is 403 g/mol. The van der Waals surface area contributed by atoms with Crippen LogP contribution in [0.4, 0.5) is 0 Å². The number of amides is 1. The lowest BCUT2D eigenvalue weighted by Gasteiger charge is -2.38. The van der Waals surface area contributed by atoms with Gasteiger partial charge in [0.1, 0.15) is 5.54 Å². The summed E-state index contributed by atoms with van der Waals surface area (Å²) in [4.78, 5) is 16.0. The van der Waals surface area contributed by atoms with Gasteiger partial charge in [-0.1, -0.05) is 54.6 Å². The molecule has 2 aromatic carbocycles. The molecule has 0 aliphatic heterocycles. The number of nitrogens with one attached hydrogen (secondary N) is 1. The molecule has 0 radical (unpaired) electrons. The van der Waals surface area contributed by atoms with Crippen molar-refractivity contribution < 1.29 is 4.79 Å². The van der Waals surface area contributed by atoms with E-state index < -0.39 is 5.54 Å². The number of aryl methyl sites for hydroxylation is 2. The Labute approximate surface area is 178 Å². The van der Waals surface area contributed by atoms with Crippen LogP contribution in [0.5, 0.6) is 0 Å². The molecule has 0 spiro atoms. The number of hydrogen-bond acceptors (Lipinski definition) is 3. The molecule has 4 rings (SSSR count). The van der Waals surface area contributed by atoms with E-state index in [1.165, 1.54) is 16.7 Å². The molecule has 5 nitrogen and oxygen atoms in total. The molecule has 0 saturated heterocycles. The van der Waals surface area contributed by atoms with Crippen molar-refractivity contribution in [3.63, 3.8) is 0 Å².